The molecule has 0 aliphatic rings. The van der Waals surface area contributed by atoms with Gasteiger partial charge in [0.2, 0.25) is 5.91 Å². The minimum atomic E-state index is -0.567. The number of aromatic nitrogens is 1. The van der Waals surface area contributed by atoms with Gasteiger partial charge in [0, 0.05) is 17.7 Å². The molecule has 2 aromatic rings. The topological polar surface area (TPSA) is 128 Å². The molecule has 8 nitrogen and oxygen atoms in total. The van der Waals surface area contributed by atoms with Gasteiger partial charge in [-0.25, -0.2) is 4.98 Å². The molecule has 0 saturated heterocycles. The lowest BCUT2D eigenvalue weighted by Crippen LogP contribution is -2.12. The lowest BCUT2D eigenvalue weighted by molar-refractivity contribution is -0.384. The summed E-state index contributed by atoms with van der Waals surface area (Å²) in [7, 11) is 0. The number of primary amides is 1. The number of thiazole rings is 1. The fourth-order valence-electron chi connectivity index (χ4n) is 1.64. The van der Waals surface area contributed by atoms with E-state index in [4.69, 9.17) is 5.73 Å². The Morgan fingerprint density at radius 3 is 2.87 bits per heavy atom. The third kappa shape index (κ3) is 4.50. The van der Waals surface area contributed by atoms with Gasteiger partial charge in [0.05, 0.1) is 20.6 Å². The van der Waals surface area contributed by atoms with Gasteiger partial charge in [-0.05, 0) is 13.0 Å². The number of carbonyl (C=O) groups is 2. The lowest BCUT2D eigenvalue weighted by atomic mass is 10.2. The number of thioether (sulfide) groups is 1. The molecule has 2 amide bonds. The molecule has 0 spiro atoms. The van der Waals surface area contributed by atoms with Crippen molar-refractivity contribution in [2.24, 2.45) is 5.73 Å². The van der Waals surface area contributed by atoms with Gasteiger partial charge in [0.15, 0.2) is 5.13 Å². The molecular weight excluding hydrogens is 340 g/mol. The molecule has 23 heavy (non-hydrogen) atoms. The van der Waals surface area contributed by atoms with Gasteiger partial charge >= 0.3 is 0 Å². The Morgan fingerprint density at radius 1 is 1.48 bits per heavy atom. The van der Waals surface area contributed by atoms with Crippen LogP contribution in [0.2, 0.25) is 0 Å². The smallest absolute Gasteiger partial charge is 0.270 e. The molecule has 0 radical (unpaired) electrons. The SMILES string of the molecule is Cc1nc(NC(=O)c2cccc([N+](=O)[O-])c2)sc1SCC(N)=O. The third-order valence-electron chi connectivity index (χ3n) is 2.64. The van der Waals surface area contributed by atoms with E-state index in [0.717, 1.165) is 4.21 Å². The molecule has 0 saturated carbocycles. The zero-order valence-electron chi connectivity index (χ0n) is 11.9. The Kier molecular flexibility index (Phi) is 5.29. The number of rotatable bonds is 6. The number of nitrogens with zero attached hydrogens (tertiary/aromatic N) is 2. The maximum atomic E-state index is 12.1. The molecule has 1 aromatic heterocycles. The van der Waals surface area contributed by atoms with E-state index in [1.807, 2.05) is 0 Å². The van der Waals surface area contributed by atoms with Crippen LogP contribution in [-0.4, -0.2) is 27.5 Å². The second-order valence-corrected chi connectivity index (χ2v) is 6.65. The lowest BCUT2D eigenvalue weighted by Gasteiger charge is -2.01. The Balaban J connectivity index is 2.11. The monoisotopic (exact) mass is 352 g/mol. The highest BCUT2D eigenvalue weighted by Gasteiger charge is 2.15. The minimum absolute atomic E-state index is 0.126. The number of nitro groups is 1. The second kappa shape index (κ2) is 7.20. The Bertz CT molecular complexity index is 775. The van der Waals surface area contributed by atoms with E-state index >= 15 is 0 Å². The van der Waals surface area contributed by atoms with Crippen molar-refractivity contribution in [2.45, 2.75) is 11.1 Å². The van der Waals surface area contributed by atoms with Gasteiger partial charge in [-0.15, -0.1) is 11.8 Å². The van der Waals surface area contributed by atoms with E-state index in [2.05, 4.69) is 10.3 Å². The van der Waals surface area contributed by atoms with E-state index < -0.39 is 16.7 Å². The number of amides is 2. The van der Waals surface area contributed by atoms with E-state index in [0.29, 0.717) is 10.8 Å². The maximum absolute atomic E-state index is 12.1. The molecule has 1 heterocycles. The van der Waals surface area contributed by atoms with Gasteiger partial charge in [-0.1, -0.05) is 17.4 Å². The Labute approximate surface area is 139 Å². The van der Waals surface area contributed by atoms with Crippen molar-refractivity contribution in [1.29, 1.82) is 0 Å². The first-order valence-corrected chi connectivity index (χ1v) is 8.11. The summed E-state index contributed by atoms with van der Waals surface area (Å²) >= 11 is 2.46. The highest BCUT2D eigenvalue weighted by Crippen LogP contribution is 2.32. The predicted molar refractivity (Wildman–Crippen MR) is 87.8 cm³/mol. The van der Waals surface area contributed by atoms with Crippen molar-refractivity contribution >= 4 is 45.7 Å². The number of nitrogens with one attached hydrogen (secondary N) is 1. The first kappa shape index (κ1) is 16.9. The summed E-state index contributed by atoms with van der Waals surface area (Å²) in [5.74, 6) is -0.805. The molecule has 0 fully saturated rings. The fourth-order valence-corrected chi connectivity index (χ4v) is 3.51. The van der Waals surface area contributed by atoms with Crippen molar-refractivity contribution in [3.8, 4) is 0 Å². The zero-order chi connectivity index (χ0) is 17.0. The number of anilines is 1. The Hall–Kier alpha value is -2.46. The van der Waals surface area contributed by atoms with Crippen molar-refractivity contribution in [3.63, 3.8) is 0 Å². The quantitative estimate of drug-likeness (QED) is 0.466. The van der Waals surface area contributed by atoms with Gasteiger partial charge < -0.3 is 5.73 Å². The van der Waals surface area contributed by atoms with Crippen molar-refractivity contribution in [3.05, 3.63) is 45.6 Å². The molecule has 0 aliphatic carbocycles. The van der Waals surface area contributed by atoms with Crippen molar-refractivity contribution in [1.82, 2.24) is 4.98 Å². The first-order chi connectivity index (χ1) is 10.9. The van der Waals surface area contributed by atoms with Crippen LogP contribution in [0.15, 0.2) is 28.5 Å². The van der Waals surface area contributed by atoms with Crippen molar-refractivity contribution < 1.29 is 14.5 Å². The molecule has 3 N–H and O–H groups in total. The molecule has 1 aromatic carbocycles. The summed E-state index contributed by atoms with van der Waals surface area (Å²) in [5.41, 5.74) is 5.77. The van der Waals surface area contributed by atoms with Crippen LogP contribution in [0.4, 0.5) is 10.8 Å². The van der Waals surface area contributed by atoms with Crippen LogP contribution in [0.5, 0.6) is 0 Å². The Morgan fingerprint density at radius 2 is 2.22 bits per heavy atom. The van der Waals surface area contributed by atoms with Crippen molar-refractivity contribution in [2.75, 3.05) is 11.1 Å². The van der Waals surface area contributed by atoms with E-state index in [1.165, 1.54) is 47.4 Å². The number of nitrogens with two attached hydrogens (primary N) is 1. The van der Waals surface area contributed by atoms with E-state index in [9.17, 15) is 19.7 Å². The van der Waals surface area contributed by atoms with Crippen LogP contribution in [0.1, 0.15) is 16.1 Å². The molecule has 10 heteroatoms. The number of hydrogen-bond acceptors (Lipinski definition) is 7. The van der Waals surface area contributed by atoms with Crippen LogP contribution >= 0.6 is 23.1 Å². The van der Waals surface area contributed by atoms with Gasteiger partial charge in [0.25, 0.3) is 11.6 Å². The largest absolute Gasteiger partial charge is 0.369 e. The highest BCUT2D eigenvalue weighted by molar-refractivity contribution is 8.01. The number of carbonyl (C=O) groups excluding carboxylic acids is 2. The molecule has 0 aliphatic heterocycles. The third-order valence-corrected chi connectivity index (χ3v) is 5.10. The summed E-state index contributed by atoms with van der Waals surface area (Å²) in [6.45, 7) is 1.75. The molecule has 120 valence electrons. The van der Waals surface area contributed by atoms with Crippen LogP contribution < -0.4 is 11.1 Å². The van der Waals surface area contributed by atoms with Crippen LogP contribution in [-0.2, 0) is 4.79 Å². The normalized spacial score (nSPS) is 10.3. The summed E-state index contributed by atoms with van der Waals surface area (Å²) in [6, 6.07) is 5.42. The number of aryl methyl sites for hydroxylation is 1. The van der Waals surface area contributed by atoms with E-state index in [-0.39, 0.29) is 17.0 Å². The number of benzene rings is 1. The fraction of sp³-hybridized carbons (Fsp3) is 0.154. The average Bonchev–Trinajstić information content (AvgIpc) is 2.85. The molecular formula is C13H12N4O4S2. The maximum Gasteiger partial charge on any atom is 0.270 e. The summed E-state index contributed by atoms with van der Waals surface area (Å²) in [6.07, 6.45) is 0. The average molecular weight is 352 g/mol. The van der Waals surface area contributed by atoms with Crippen LogP contribution in [0, 0.1) is 17.0 Å². The van der Waals surface area contributed by atoms with Gasteiger partial charge in [0.1, 0.15) is 0 Å². The summed E-state index contributed by atoms with van der Waals surface area (Å²) < 4.78 is 0.776. The standard InChI is InChI=1S/C13H12N4O4S2/c1-7-12(22-6-10(14)18)23-13(15-7)16-11(19)8-3-2-4-9(5-8)17(20)21/h2-5H,6H2,1H3,(H2,14,18)(H,15,16,19). The van der Waals surface area contributed by atoms with E-state index in [1.54, 1.807) is 6.92 Å². The number of non-ortho nitro benzene ring substituents is 1. The first-order valence-electron chi connectivity index (χ1n) is 6.31. The molecule has 0 atom stereocenters. The minimum Gasteiger partial charge on any atom is -0.369 e. The predicted octanol–water partition coefficient (Wildman–Crippen LogP) is 2.19. The number of hydrogen-bond donors (Lipinski definition) is 2. The molecule has 2 rings (SSSR count). The van der Waals surface area contributed by atoms with Crippen LogP contribution in [0.3, 0.4) is 0 Å². The summed E-state index contributed by atoms with van der Waals surface area (Å²) in [5, 5.41) is 13.7. The summed E-state index contributed by atoms with van der Waals surface area (Å²) in [4.78, 5) is 37.3. The second-order valence-electron chi connectivity index (χ2n) is 4.41. The zero-order valence-corrected chi connectivity index (χ0v) is 13.6. The number of nitro benzene ring substituents is 1. The highest BCUT2D eigenvalue weighted by atomic mass is 32.2. The van der Waals surface area contributed by atoms with Crippen LogP contribution in [0.25, 0.3) is 0 Å². The molecule has 0 unspecified atom stereocenters. The van der Waals surface area contributed by atoms with Gasteiger partial charge in [-0.3, -0.25) is 25.0 Å². The van der Waals surface area contributed by atoms with Gasteiger partial charge in [-0.2, -0.15) is 0 Å². The molecule has 0 bridgehead atoms.